The molecule has 0 heterocycles. The minimum absolute atomic E-state index is 0.0258. The number of likely N-dealkylation sites (N-methyl/N-ethyl adjacent to an activating group) is 1. The summed E-state index contributed by atoms with van der Waals surface area (Å²) in [6, 6.07) is 6.33. The van der Waals surface area contributed by atoms with E-state index in [0.717, 1.165) is 30.2 Å². The molecule has 0 saturated carbocycles. The van der Waals surface area contributed by atoms with E-state index in [0.29, 0.717) is 6.04 Å². The summed E-state index contributed by atoms with van der Waals surface area (Å²) in [5.41, 5.74) is 7.35. The zero-order valence-electron chi connectivity index (χ0n) is 12.6. The summed E-state index contributed by atoms with van der Waals surface area (Å²) in [5, 5.41) is 0. The molecule has 1 rings (SSSR count). The number of rotatable bonds is 7. The standard InChI is InChI=1S/C15H26N2O2/c1-6-17(11(2)3)10-13(16)12-7-8-14(18-4)15(9-12)19-5/h7-9,11,13H,6,10,16H2,1-5H3. The molecule has 1 aromatic carbocycles. The summed E-state index contributed by atoms with van der Waals surface area (Å²) in [5.74, 6) is 1.46. The van der Waals surface area contributed by atoms with E-state index < -0.39 is 0 Å². The number of nitrogens with two attached hydrogens (primary N) is 1. The molecule has 0 saturated heterocycles. The van der Waals surface area contributed by atoms with Gasteiger partial charge in [0.05, 0.1) is 14.2 Å². The zero-order valence-corrected chi connectivity index (χ0v) is 12.6. The topological polar surface area (TPSA) is 47.7 Å². The summed E-state index contributed by atoms with van der Waals surface area (Å²) in [4.78, 5) is 2.35. The number of hydrogen-bond acceptors (Lipinski definition) is 4. The van der Waals surface area contributed by atoms with Crippen LogP contribution in [0, 0.1) is 0 Å². The van der Waals surface area contributed by atoms with Gasteiger partial charge in [0.25, 0.3) is 0 Å². The largest absolute Gasteiger partial charge is 0.493 e. The lowest BCUT2D eigenvalue weighted by atomic mass is 10.1. The number of ether oxygens (including phenoxy) is 2. The van der Waals surface area contributed by atoms with Crippen LogP contribution in [0.3, 0.4) is 0 Å². The van der Waals surface area contributed by atoms with E-state index in [1.165, 1.54) is 0 Å². The van der Waals surface area contributed by atoms with Crippen molar-refractivity contribution in [2.45, 2.75) is 32.9 Å². The van der Waals surface area contributed by atoms with E-state index >= 15 is 0 Å². The van der Waals surface area contributed by atoms with Gasteiger partial charge in [0.15, 0.2) is 11.5 Å². The molecule has 1 aromatic rings. The van der Waals surface area contributed by atoms with Gasteiger partial charge in [-0.25, -0.2) is 0 Å². The molecule has 2 N–H and O–H groups in total. The first kappa shape index (κ1) is 15.8. The molecule has 19 heavy (non-hydrogen) atoms. The number of nitrogens with zero attached hydrogens (tertiary/aromatic N) is 1. The summed E-state index contributed by atoms with van der Waals surface area (Å²) in [6.45, 7) is 8.36. The molecule has 4 nitrogen and oxygen atoms in total. The Bertz CT molecular complexity index is 394. The van der Waals surface area contributed by atoms with Crippen molar-refractivity contribution in [3.63, 3.8) is 0 Å². The molecule has 0 aliphatic carbocycles. The van der Waals surface area contributed by atoms with E-state index in [1.807, 2.05) is 18.2 Å². The Morgan fingerprint density at radius 1 is 1.16 bits per heavy atom. The molecule has 0 fully saturated rings. The fourth-order valence-corrected chi connectivity index (χ4v) is 2.15. The molecule has 1 atom stereocenters. The molecule has 1 unspecified atom stereocenters. The third-order valence-corrected chi connectivity index (χ3v) is 3.40. The number of hydrogen-bond donors (Lipinski definition) is 1. The Kier molecular flexibility index (Phi) is 6.12. The summed E-state index contributed by atoms with van der Waals surface area (Å²) < 4.78 is 10.5. The van der Waals surface area contributed by atoms with Crippen LogP contribution >= 0.6 is 0 Å². The second kappa shape index (κ2) is 7.36. The molecule has 0 aromatic heterocycles. The van der Waals surface area contributed by atoms with Gasteiger partial charge < -0.3 is 15.2 Å². The average Bonchev–Trinajstić information content (AvgIpc) is 2.43. The normalized spacial score (nSPS) is 12.8. The fourth-order valence-electron chi connectivity index (χ4n) is 2.15. The molecule has 0 aliphatic heterocycles. The van der Waals surface area contributed by atoms with Crippen LogP contribution in [0.2, 0.25) is 0 Å². The SMILES string of the molecule is CCN(CC(N)c1ccc(OC)c(OC)c1)C(C)C. The van der Waals surface area contributed by atoms with Crippen molar-refractivity contribution in [2.75, 3.05) is 27.3 Å². The quantitative estimate of drug-likeness (QED) is 0.823. The van der Waals surface area contributed by atoms with Crippen molar-refractivity contribution in [3.05, 3.63) is 23.8 Å². The van der Waals surface area contributed by atoms with E-state index in [1.54, 1.807) is 14.2 Å². The van der Waals surface area contributed by atoms with Crippen LogP contribution in [0.5, 0.6) is 11.5 Å². The van der Waals surface area contributed by atoms with E-state index in [-0.39, 0.29) is 6.04 Å². The van der Waals surface area contributed by atoms with Crippen LogP contribution in [-0.4, -0.2) is 38.3 Å². The third-order valence-electron chi connectivity index (χ3n) is 3.40. The van der Waals surface area contributed by atoms with Crippen molar-refractivity contribution in [3.8, 4) is 11.5 Å². The van der Waals surface area contributed by atoms with Crippen LogP contribution < -0.4 is 15.2 Å². The smallest absolute Gasteiger partial charge is 0.161 e. The Hall–Kier alpha value is -1.26. The molecule has 0 amide bonds. The lowest BCUT2D eigenvalue weighted by molar-refractivity contribution is 0.219. The maximum Gasteiger partial charge on any atom is 0.161 e. The van der Waals surface area contributed by atoms with Gasteiger partial charge in [-0.2, -0.15) is 0 Å². The lowest BCUT2D eigenvalue weighted by Gasteiger charge is -2.28. The molecular weight excluding hydrogens is 240 g/mol. The highest BCUT2D eigenvalue weighted by Crippen LogP contribution is 2.29. The molecule has 4 heteroatoms. The predicted octanol–water partition coefficient (Wildman–Crippen LogP) is 2.43. The molecular formula is C15H26N2O2. The Morgan fingerprint density at radius 3 is 2.26 bits per heavy atom. The van der Waals surface area contributed by atoms with Crippen LogP contribution in [0.4, 0.5) is 0 Å². The Morgan fingerprint density at radius 2 is 1.79 bits per heavy atom. The summed E-state index contributed by atoms with van der Waals surface area (Å²) in [6.07, 6.45) is 0. The first-order valence-electron chi connectivity index (χ1n) is 6.75. The first-order valence-corrected chi connectivity index (χ1v) is 6.75. The van der Waals surface area contributed by atoms with Gasteiger partial charge in [-0.3, -0.25) is 4.90 Å². The van der Waals surface area contributed by atoms with E-state index in [2.05, 4.69) is 25.7 Å². The van der Waals surface area contributed by atoms with Gasteiger partial charge in [0.2, 0.25) is 0 Å². The van der Waals surface area contributed by atoms with Crippen molar-refractivity contribution < 1.29 is 9.47 Å². The summed E-state index contributed by atoms with van der Waals surface area (Å²) >= 11 is 0. The van der Waals surface area contributed by atoms with Crippen molar-refractivity contribution in [1.82, 2.24) is 4.90 Å². The number of benzene rings is 1. The maximum atomic E-state index is 6.29. The van der Waals surface area contributed by atoms with Gasteiger partial charge in [0.1, 0.15) is 0 Å². The van der Waals surface area contributed by atoms with Gasteiger partial charge in [-0.1, -0.05) is 13.0 Å². The Balaban J connectivity index is 2.84. The minimum Gasteiger partial charge on any atom is -0.493 e. The van der Waals surface area contributed by atoms with Gasteiger partial charge in [-0.15, -0.1) is 0 Å². The number of methoxy groups -OCH3 is 2. The maximum absolute atomic E-state index is 6.29. The first-order chi connectivity index (χ1) is 9.03. The fraction of sp³-hybridized carbons (Fsp3) is 0.600. The third kappa shape index (κ3) is 4.11. The molecule has 0 spiro atoms. The Labute approximate surface area is 116 Å². The van der Waals surface area contributed by atoms with Crippen molar-refractivity contribution >= 4 is 0 Å². The van der Waals surface area contributed by atoms with E-state index in [9.17, 15) is 0 Å². The summed E-state index contributed by atoms with van der Waals surface area (Å²) in [7, 11) is 3.27. The average molecular weight is 266 g/mol. The van der Waals surface area contributed by atoms with Crippen molar-refractivity contribution in [1.29, 1.82) is 0 Å². The van der Waals surface area contributed by atoms with Gasteiger partial charge >= 0.3 is 0 Å². The van der Waals surface area contributed by atoms with Crippen LogP contribution in [0.1, 0.15) is 32.4 Å². The highest BCUT2D eigenvalue weighted by Gasteiger charge is 2.15. The second-order valence-electron chi connectivity index (χ2n) is 4.90. The van der Waals surface area contributed by atoms with Crippen LogP contribution in [0.15, 0.2) is 18.2 Å². The zero-order chi connectivity index (χ0) is 14.4. The predicted molar refractivity (Wildman–Crippen MR) is 78.9 cm³/mol. The van der Waals surface area contributed by atoms with E-state index in [4.69, 9.17) is 15.2 Å². The van der Waals surface area contributed by atoms with Crippen LogP contribution in [0.25, 0.3) is 0 Å². The van der Waals surface area contributed by atoms with Crippen LogP contribution in [-0.2, 0) is 0 Å². The van der Waals surface area contributed by atoms with Gasteiger partial charge in [0, 0.05) is 18.6 Å². The molecule has 108 valence electrons. The monoisotopic (exact) mass is 266 g/mol. The second-order valence-corrected chi connectivity index (χ2v) is 4.90. The highest BCUT2D eigenvalue weighted by molar-refractivity contribution is 5.43. The minimum atomic E-state index is -0.0258. The molecule has 0 radical (unpaired) electrons. The van der Waals surface area contributed by atoms with Gasteiger partial charge in [-0.05, 0) is 38.1 Å². The highest BCUT2D eigenvalue weighted by atomic mass is 16.5. The molecule has 0 bridgehead atoms. The molecule has 0 aliphatic rings. The lowest BCUT2D eigenvalue weighted by Crippen LogP contribution is -2.36. The van der Waals surface area contributed by atoms with Crippen molar-refractivity contribution in [2.24, 2.45) is 5.73 Å².